The molecule has 1 aliphatic rings. The summed E-state index contributed by atoms with van der Waals surface area (Å²) in [6.45, 7) is 4.15. The molecule has 14 heavy (non-hydrogen) atoms. The van der Waals surface area contributed by atoms with Gasteiger partial charge in [0, 0.05) is 0 Å². The maximum absolute atomic E-state index is 9.34. The minimum Gasteiger partial charge on any atom is -0.508 e. The third-order valence-electron chi connectivity index (χ3n) is 2.00. The average molecular weight is 194 g/mol. The summed E-state index contributed by atoms with van der Waals surface area (Å²) in [4.78, 5) is 0. The zero-order valence-electron chi connectivity index (χ0n) is 8.70. The fourth-order valence-corrected chi connectivity index (χ4v) is 1.09. The first-order valence-corrected chi connectivity index (χ1v) is 5.19. The molecule has 1 fully saturated rings. The predicted molar refractivity (Wildman–Crippen MR) is 57.5 cm³/mol. The Morgan fingerprint density at radius 3 is 2.43 bits per heavy atom. The van der Waals surface area contributed by atoms with Crippen molar-refractivity contribution in [3.05, 3.63) is 29.8 Å². The molecular weight excluding hydrogens is 176 g/mol. The minimum atomic E-state index is 0.431. The number of ether oxygens (including phenoxy) is 1. The maximum atomic E-state index is 9.34. The van der Waals surface area contributed by atoms with Crippen molar-refractivity contribution in [2.75, 3.05) is 13.2 Å². The van der Waals surface area contributed by atoms with Gasteiger partial charge < -0.3 is 9.84 Å². The van der Waals surface area contributed by atoms with E-state index in [1.54, 1.807) is 6.07 Å². The van der Waals surface area contributed by atoms with Crippen LogP contribution in [-0.4, -0.2) is 18.3 Å². The number of benzene rings is 1. The molecule has 0 aliphatic carbocycles. The molecular formula is C12H18O2. The van der Waals surface area contributed by atoms with E-state index >= 15 is 0 Å². The molecule has 1 aromatic rings. The van der Waals surface area contributed by atoms with Crippen molar-refractivity contribution in [3.63, 3.8) is 0 Å². The van der Waals surface area contributed by atoms with Gasteiger partial charge in [0.2, 0.25) is 0 Å². The second kappa shape index (κ2) is 6.44. The molecule has 1 N–H and O–H groups in total. The number of epoxide rings is 1. The lowest BCUT2D eigenvalue weighted by atomic mass is 10.1. The number of unbranched alkanes of at least 4 members (excludes halogenated alkanes) is 1. The molecule has 0 amide bonds. The standard InChI is InChI=1S/C10H14O.C2H4O/c1-2-3-6-9-7-4-5-8-10(9)11;1-2-3-1/h4-5,7-8,11H,2-3,6H2,1H3;1-2H2. The van der Waals surface area contributed by atoms with Crippen LogP contribution in [0.1, 0.15) is 25.3 Å². The highest BCUT2D eigenvalue weighted by atomic mass is 16.6. The molecule has 1 saturated heterocycles. The Kier molecular flexibility index (Phi) is 5.08. The molecule has 0 unspecified atom stereocenters. The van der Waals surface area contributed by atoms with Crippen LogP contribution in [0, 0.1) is 0 Å². The summed E-state index contributed by atoms with van der Waals surface area (Å²) >= 11 is 0. The molecule has 0 aromatic heterocycles. The Morgan fingerprint density at radius 1 is 1.29 bits per heavy atom. The van der Waals surface area contributed by atoms with Gasteiger partial charge >= 0.3 is 0 Å². The molecule has 0 spiro atoms. The third-order valence-corrected chi connectivity index (χ3v) is 2.00. The summed E-state index contributed by atoms with van der Waals surface area (Å²) in [5.41, 5.74) is 1.06. The van der Waals surface area contributed by atoms with Gasteiger partial charge in [-0.25, -0.2) is 0 Å². The average Bonchev–Trinajstić information content (AvgIpc) is 3.03. The summed E-state index contributed by atoms with van der Waals surface area (Å²) < 4.78 is 4.50. The molecule has 0 atom stereocenters. The topological polar surface area (TPSA) is 32.8 Å². The van der Waals surface area contributed by atoms with Crippen LogP contribution < -0.4 is 0 Å². The van der Waals surface area contributed by atoms with Gasteiger partial charge in [-0.2, -0.15) is 0 Å². The van der Waals surface area contributed by atoms with Crippen molar-refractivity contribution in [2.45, 2.75) is 26.2 Å². The number of phenolic OH excluding ortho intramolecular Hbond substituents is 1. The lowest BCUT2D eigenvalue weighted by Gasteiger charge is -2.01. The number of aromatic hydroxyl groups is 1. The predicted octanol–water partition coefficient (Wildman–Crippen LogP) is 2.75. The largest absolute Gasteiger partial charge is 0.508 e. The SMILES string of the molecule is C1CO1.CCCCc1ccccc1O. The first kappa shape index (κ1) is 11.1. The molecule has 2 heteroatoms. The Bertz CT molecular complexity index is 253. The Balaban J connectivity index is 0.000000276. The van der Waals surface area contributed by atoms with Crippen LogP contribution in [0.4, 0.5) is 0 Å². The summed E-state index contributed by atoms with van der Waals surface area (Å²) in [5, 5.41) is 9.34. The molecule has 0 radical (unpaired) electrons. The zero-order valence-corrected chi connectivity index (χ0v) is 8.70. The summed E-state index contributed by atoms with van der Waals surface area (Å²) in [7, 11) is 0. The Labute approximate surface area is 85.5 Å². The number of hydrogen-bond donors (Lipinski definition) is 1. The molecule has 2 rings (SSSR count). The van der Waals surface area contributed by atoms with E-state index in [2.05, 4.69) is 11.7 Å². The van der Waals surface area contributed by atoms with Crippen LogP contribution in [-0.2, 0) is 11.2 Å². The van der Waals surface area contributed by atoms with Crippen LogP contribution >= 0.6 is 0 Å². The molecule has 0 saturated carbocycles. The van der Waals surface area contributed by atoms with Gasteiger partial charge in [0.1, 0.15) is 5.75 Å². The normalized spacial score (nSPS) is 12.9. The Hall–Kier alpha value is -1.02. The number of aryl methyl sites for hydroxylation is 1. The van der Waals surface area contributed by atoms with Gasteiger partial charge in [-0.05, 0) is 24.5 Å². The van der Waals surface area contributed by atoms with Crippen molar-refractivity contribution >= 4 is 0 Å². The van der Waals surface area contributed by atoms with E-state index in [0.29, 0.717) is 5.75 Å². The summed E-state index contributed by atoms with van der Waals surface area (Å²) in [6.07, 6.45) is 3.31. The van der Waals surface area contributed by atoms with Crippen LogP contribution in [0.5, 0.6) is 5.75 Å². The quantitative estimate of drug-likeness (QED) is 0.750. The van der Waals surface area contributed by atoms with E-state index in [4.69, 9.17) is 0 Å². The third kappa shape index (κ3) is 4.87. The molecule has 1 aromatic carbocycles. The van der Waals surface area contributed by atoms with Crippen LogP contribution in [0.2, 0.25) is 0 Å². The molecule has 78 valence electrons. The van der Waals surface area contributed by atoms with Gasteiger partial charge in [-0.3, -0.25) is 0 Å². The van der Waals surface area contributed by atoms with Crippen molar-refractivity contribution < 1.29 is 9.84 Å². The minimum absolute atomic E-state index is 0.431. The number of para-hydroxylation sites is 1. The molecule has 2 nitrogen and oxygen atoms in total. The Morgan fingerprint density at radius 2 is 1.93 bits per heavy atom. The van der Waals surface area contributed by atoms with E-state index in [0.717, 1.165) is 31.6 Å². The van der Waals surface area contributed by atoms with E-state index in [1.807, 2.05) is 18.2 Å². The van der Waals surface area contributed by atoms with E-state index in [-0.39, 0.29) is 0 Å². The first-order valence-electron chi connectivity index (χ1n) is 5.19. The van der Waals surface area contributed by atoms with Crippen molar-refractivity contribution in [2.24, 2.45) is 0 Å². The van der Waals surface area contributed by atoms with Crippen LogP contribution in [0.25, 0.3) is 0 Å². The summed E-state index contributed by atoms with van der Waals surface area (Å²) in [5.74, 6) is 0.431. The van der Waals surface area contributed by atoms with Gasteiger partial charge in [0.05, 0.1) is 13.2 Å². The molecule has 1 heterocycles. The van der Waals surface area contributed by atoms with Crippen LogP contribution in [0.15, 0.2) is 24.3 Å². The van der Waals surface area contributed by atoms with E-state index < -0.39 is 0 Å². The smallest absolute Gasteiger partial charge is 0.118 e. The fraction of sp³-hybridized carbons (Fsp3) is 0.500. The highest BCUT2D eigenvalue weighted by Crippen LogP contribution is 2.17. The number of phenols is 1. The zero-order chi connectivity index (χ0) is 10.2. The maximum Gasteiger partial charge on any atom is 0.118 e. The second-order valence-electron chi connectivity index (χ2n) is 3.34. The fourth-order valence-electron chi connectivity index (χ4n) is 1.09. The van der Waals surface area contributed by atoms with E-state index in [9.17, 15) is 5.11 Å². The van der Waals surface area contributed by atoms with Crippen molar-refractivity contribution in [1.29, 1.82) is 0 Å². The summed E-state index contributed by atoms with van der Waals surface area (Å²) in [6, 6.07) is 7.53. The van der Waals surface area contributed by atoms with Gasteiger partial charge in [0.15, 0.2) is 0 Å². The number of hydrogen-bond acceptors (Lipinski definition) is 2. The lowest BCUT2D eigenvalue weighted by molar-refractivity contribution is 0.467. The second-order valence-corrected chi connectivity index (χ2v) is 3.34. The van der Waals surface area contributed by atoms with E-state index in [1.165, 1.54) is 6.42 Å². The lowest BCUT2D eigenvalue weighted by Crippen LogP contribution is -1.83. The van der Waals surface area contributed by atoms with Crippen LogP contribution in [0.3, 0.4) is 0 Å². The van der Waals surface area contributed by atoms with Crippen molar-refractivity contribution in [1.82, 2.24) is 0 Å². The van der Waals surface area contributed by atoms with Crippen molar-refractivity contribution in [3.8, 4) is 5.75 Å². The van der Waals surface area contributed by atoms with Gasteiger partial charge in [0.25, 0.3) is 0 Å². The molecule has 0 bridgehead atoms. The highest BCUT2D eigenvalue weighted by Gasteiger charge is 1.96. The van der Waals surface area contributed by atoms with Gasteiger partial charge in [-0.1, -0.05) is 31.5 Å². The highest BCUT2D eigenvalue weighted by molar-refractivity contribution is 5.31. The van der Waals surface area contributed by atoms with Gasteiger partial charge in [-0.15, -0.1) is 0 Å². The monoisotopic (exact) mass is 194 g/mol. The number of rotatable bonds is 3. The first-order chi connectivity index (χ1) is 6.84. The molecule has 1 aliphatic heterocycles.